The topological polar surface area (TPSA) is 85.4 Å². The molecular weight excluding hydrogens is 644 g/mol. The van der Waals surface area contributed by atoms with Crippen LogP contribution in [0.3, 0.4) is 0 Å². The van der Waals surface area contributed by atoms with Crippen molar-refractivity contribution in [2.75, 3.05) is 45.6 Å². The number of amides is 3. The highest BCUT2D eigenvalue weighted by Crippen LogP contribution is 2.40. The largest absolute Gasteiger partial charge is 0.445 e. The van der Waals surface area contributed by atoms with Crippen molar-refractivity contribution in [2.45, 2.75) is 75.2 Å². The zero-order chi connectivity index (χ0) is 34.9. The van der Waals surface area contributed by atoms with Crippen LogP contribution in [0, 0.1) is 0 Å². The van der Waals surface area contributed by atoms with Crippen molar-refractivity contribution in [1.29, 1.82) is 0 Å². The van der Waals surface area contributed by atoms with E-state index >= 15 is 0 Å². The molecule has 2 saturated heterocycles. The second kappa shape index (κ2) is 13.9. The van der Waals surface area contributed by atoms with E-state index in [-0.39, 0.29) is 43.6 Å². The molecule has 0 unspecified atom stereocenters. The van der Waals surface area contributed by atoms with E-state index in [0.717, 1.165) is 18.4 Å². The Balaban J connectivity index is 1.43. The van der Waals surface area contributed by atoms with Crippen molar-refractivity contribution < 1.29 is 45.5 Å². The van der Waals surface area contributed by atoms with Gasteiger partial charge in [-0.05, 0) is 75.2 Å². The van der Waals surface area contributed by atoms with Crippen LogP contribution in [0.2, 0.25) is 0 Å². The van der Waals surface area contributed by atoms with Crippen LogP contribution in [0.5, 0.6) is 0 Å². The van der Waals surface area contributed by atoms with Gasteiger partial charge in [-0.3, -0.25) is 9.80 Å². The van der Waals surface area contributed by atoms with E-state index in [4.69, 9.17) is 4.74 Å². The fraction of sp³-hybridized carbons (Fsp3) is 0.545. The molecule has 15 heteroatoms. The highest BCUT2D eigenvalue weighted by Gasteiger charge is 2.52. The van der Waals surface area contributed by atoms with Gasteiger partial charge in [0.05, 0.1) is 11.1 Å². The Morgan fingerprint density at radius 3 is 2.23 bits per heavy atom. The SMILES string of the molecule is CN(C)C1CCN([C@]2(CC=O)C[C@H](N3CCc4ccccc4NC3=O)CCN2C(=O)OCc2cc(C(F)(F)F)cc(C(F)(F)F)c2)CC1. The van der Waals surface area contributed by atoms with E-state index in [1.165, 1.54) is 4.90 Å². The van der Waals surface area contributed by atoms with Crippen molar-refractivity contribution in [3.05, 3.63) is 64.7 Å². The molecule has 0 aliphatic carbocycles. The lowest BCUT2D eigenvalue weighted by atomic mass is 9.84. The summed E-state index contributed by atoms with van der Waals surface area (Å²) in [7, 11) is 3.94. The van der Waals surface area contributed by atoms with Gasteiger partial charge in [0.15, 0.2) is 0 Å². The normalized spacial score (nSPS) is 23.0. The quantitative estimate of drug-likeness (QED) is 0.276. The zero-order valence-corrected chi connectivity index (χ0v) is 26.7. The number of piperidine rings is 2. The molecule has 2 atom stereocenters. The van der Waals surface area contributed by atoms with Crippen LogP contribution >= 0.6 is 0 Å². The highest BCUT2D eigenvalue weighted by atomic mass is 19.4. The summed E-state index contributed by atoms with van der Waals surface area (Å²) in [6, 6.07) is 8.10. The molecule has 2 fully saturated rings. The third kappa shape index (κ3) is 7.56. The average molecular weight is 684 g/mol. The van der Waals surface area contributed by atoms with Crippen LogP contribution < -0.4 is 5.32 Å². The highest BCUT2D eigenvalue weighted by molar-refractivity contribution is 5.91. The summed E-state index contributed by atoms with van der Waals surface area (Å²) in [6.45, 7) is 0.603. The molecule has 9 nitrogen and oxygen atoms in total. The minimum atomic E-state index is -5.05. The van der Waals surface area contributed by atoms with Gasteiger partial charge >= 0.3 is 24.5 Å². The number of likely N-dealkylation sites (tertiary alicyclic amines) is 2. The molecular formula is C33H39F6N5O4. The Hall–Kier alpha value is -3.85. The van der Waals surface area contributed by atoms with Crippen LogP contribution in [0.25, 0.3) is 0 Å². The van der Waals surface area contributed by atoms with Gasteiger partial charge in [0.2, 0.25) is 0 Å². The van der Waals surface area contributed by atoms with Crippen molar-refractivity contribution >= 4 is 24.1 Å². The van der Waals surface area contributed by atoms with Gasteiger partial charge in [-0.2, -0.15) is 26.3 Å². The van der Waals surface area contributed by atoms with Gasteiger partial charge in [0, 0.05) is 56.8 Å². The van der Waals surface area contributed by atoms with Crippen LogP contribution in [-0.4, -0.2) is 96.0 Å². The molecule has 0 radical (unpaired) electrons. The van der Waals surface area contributed by atoms with Crippen molar-refractivity contribution in [1.82, 2.24) is 19.6 Å². The number of benzene rings is 2. The molecule has 3 heterocycles. The van der Waals surface area contributed by atoms with E-state index < -0.39 is 47.4 Å². The first-order valence-electron chi connectivity index (χ1n) is 15.9. The second-order valence-corrected chi connectivity index (χ2v) is 12.8. The molecule has 262 valence electrons. The number of hydrogen-bond donors (Lipinski definition) is 1. The molecule has 0 aromatic heterocycles. The predicted octanol–water partition coefficient (Wildman–Crippen LogP) is 6.23. The second-order valence-electron chi connectivity index (χ2n) is 12.8. The van der Waals surface area contributed by atoms with Gasteiger partial charge in [0.1, 0.15) is 18.6 Å². The molecule has 5 rings (SSSR count). The molecule has 3 aliphatic rings. The van der Waals surface area contributed by atoms with Crippen molar-refractivity contribution in [2.24, 2.45) is 0 Å². The van der Waals surface area contributed by atoms with Crippen LogP contribution in [-0.2, 0) is 34.9 Å². The lowest BCUT2D eigenvalue weighted by Crippen LogP contribution is -2.69. The number of nitrogens with zero attached hydrogens (tertiary/aromatic N) is 4. The summed E-state index contributed by atoms with van der Waals surface area (Å²) >= 11 is 0. The van der Waals surface area contributed by atoms with Gasteiger partial charge in [-0.1, -0.05) is 18.2 Å². The summed E-state index contributed by atoms with van der Waals surface area (Å²) in [4.78, 5) is 46.8. The Labute approximate surface area is 274 Å². The number of urea groups is 1. The first-order chi connectivity index (χ1) is 22.6. The number of hydrogen-bond acceptors (Lipinski definition) is 6. The third-order valence-electron chi connectivity index (χ3n) is 9.76. The monoisotopic (exact) mass is 683 g/mol. The molecule has 0 saturated carbocycles. The van der Waals surface area contributed by atoms with E-state index in [2.05, 4.69) is 10.2 Å². The summed E-state index contributed by atoms with van der Waals surface area (Å²) < 4.78 is 86.2. The third-order valence-corrected chi connectivity index (χ3v) is 9.76. The first kappa shape index (κ1) is 35.5. The van der Waals surface area contributed by atoms with E-state index in [9.17, 15) is 40.7 Å². The Kier molecular flexibility index (Phi) is 10.3. The maximum atomic E-state index is 13.8. The maximum Gasteiger partial charge on any atom is 0.416 e. The number of nitrogens with one attached hydrogen (secondary N) is 1. The van der Waals surface area contributed by atoms with Crippen LogP contribution in [0.1, 0.15) is 54.4 Å². The standard InChI is InChI=1S/C33H39F6N5O4/c1-41(2)26-8-12-42(13-9-26)31(11-16-45)20-27(43-14-7-23-5-3-4-6-28(23)40-29(43)46)10-15-44(31)30(47)48-21-22-17-24(32(34,35)36)19-25(18-22)33(37,38)39/h3-6,16-19,26-27H,7-15,20-21H2,1-2H3,(H,40,46)/t27-,31+/m1/s1. The fourth-order valence-corrected chi connectivity index (χ4v) is 7.22. The number of anilines is 1. The molecule has 1 N–H and O–H groups in total. The lowest BCUT2D eigenvalue weighted by Gasteiger charge is -2.56. The molecule has 3 amide bonds. The summed E-state index contributed by atoms with van der Waals surface area (Å²) in [5.74, 6) is 0. The fourth-order valence-electron chi connectivity index (χ4n) is 7.22. The number of carbonyl (C=O) groups is 3. The molecule has 2 aromatic carbocycles. The van der Waals surface area contributed by atoms with Gasteiger partial charge in [0.25, 0.3) is 0 Å². The first-order valence-corrected chi connectivity index (χ1v) is 15.9. The Morgan fingerprint density at radius 1 is 0.979 bits per heavy atom. The van der Waals surface area contributed by atoms with Gasteiger partial charge in [-0.15, -0.1) is 0 Å². The van der Waals surface area contributed by atoms with Crippen molar-refractivity contribution in [3.63, 3.8) is 0 Å². The smallest absolute Gasteiger partial charge is 0.416 e. The van der Waals surface area contributed by atoms with E-state index in [0.29, 0.717) is 56.6 Å². The molecule has 0 spiro atoms. The minimum absolute atomic E-state index is 0.0139. The molecule has 48 heavy (non-hydrogen) atoms. The predicted molar refractivity (Wildman–Crippen MR) is 164 cm³/mol. The summed E-state index contributed by atoms with van der Waals surface area (Å²) in [6.07, 6.45) is -7.97. The number of ether oxygens (including phenoxy) is 1. The van der Waals surface area contributed by atoms with E-state index in [1.54, 1.807) is 4.90 Å². The number of aldehydes is 1. The number of rotatable bonds is 7. The minimum Gasteiger partial charge on any atom is -0.445 e. The number of alkyl halides is 6. The average Bonchev–Trinajstić information content (AvgIpc) is 3.20. The van der Waals surface area contributed by atoms with Crippen molar-refractivity contribution in [3.8, 4) is 0 Å². The lowest BCUT2D eigenvalue weighted by molar-refractivity contribution is -0.143. The summed E-state index contributed by atoms with van der Waals surface area (Å²) in [5.41, 5.74) is -3.07. The number of halogens is 6. The molecule has 2 aromatic rings. The molecule has 0 bridgehead atoms. The Morgan fingerprint density at radius 2 is 1.62 bits per heavy atom. The van der Waals surface area contributed by atoms with Gasteiger partial charge in [-0.25, -0.2) is 9.59 Å². The summed E-state index contributed by atoms with van der Waals surface area (Å²) in [5, 5.41) is 2.96. The number of carbonyl (C=O) groups excluding carboxylic acids is 3. The van der Waals surface area contributed by atoms with E-state index in [1.807, 2.05) is 43.3 Å². The van der Waals surface area contributed by atoms with Crippen LogP contribution in [0.4, 0.5) is 41.6 Å². The number of fused-ring (bicyclic) bond motifs is 1. The number of para-hydroxylation sites is 1. The maximum absolute atomic E-state index is 13.8. The zero-order valence-electron chi connectivity index (χ0n) is 26.7. The van der Waals surface area contributed by atoms with Crippen LogP contribution in [0.15, 0.2) is 42.5 Å². The van der Waals surface area contributed by atoms with Gasteiger partial charge < -0.3 is 24.6 Å². The Bertz CT molecular complexity index is 1460. The molecule has 3 aliphatic heterocycles.